The van der Waals surface area contributed by atoms with Gasteiger partial charge in [0.2, 0.25) is 0 Å². The van der Waals surface area contributed by atoms with Crippen molar-refractivity contribution in [3.8, 4) is 12.3 Å². The second-order valence-corrected chi connectivity index (χ2v) is 2.40. The van der Waals surface area contributed by atoms with Crippen LogP contribution in [0.2, 0.25) is 0 Å². The van der Waals surface area contributed by atoms with Gasteiger partial charge in [-0.2, -0.15) is 0 Å². The third-order valence-corrected chi connectivity index (χ3v) is 1.70. The average Bonchev–Trinajstić information content (AvgIpc) is 2.19. The van der Waals surface area contributed by atoms with Crippen LogP contribution in [0.5, 0.6) is 0 Å². The Balaban J connectivity index is 0.000000640. The molecule has 1 rings (SSSR count). The number of nitrogens with zero attached hydrogens (tertiary/aromatic N) is 1. The summed E-state index contributed by atoms with van der Waals surface area (Å²) in [5.74, 6) is 3.59. The molecule has 0 N–H and O–H groups in total. The van der Waals surface area contributed by atoms with Crippen LogP contribution in [-0.4, -0.2) is 17.3 Å². The van der Waals surface area contributed by atoms with Crippen LogP contribution in [-0.2, 0) is 0 Å². The van der Waals surface area contributed by atoms with Gasteiger partial charge in [0.15, 0.2) is 0 Å². The second-order valence-electron chi connectivity index (χ2n) is 1.53. The lowest BCUT2D eigenvalue weighted by Gasteiger charge is -2.07. The van der Waals surface area contributed by atoms with Crippen molar-refractivity contribution in [2.24, 2.45) is 0 Å². The van der Waals surface area contributed by atoms with Gasteiger partial charge in [-0.3, -0.25) is 0 Å². The Hall–Kier alpha value is -0.0700. The molecule has 0 amide bonds. The first-order chi connectivity index (χ1) is 3.93. The molecule has 1 nitrogen and oxygen atoms in total. The molecular weight excluding hydrogens is 198 g/mol. The van der Waals surface area contributed by atoms with Crippen LogP contribution in [0, 0.1) is 12.3 Å². The van der Waals surface area contributed by atoms with E-state index in [0.29, 0.717) is 0 Å². The lowest BCUT2D eigenvalue weighted by molar-refractivity contribution is 0.507. The summed E-state index contributed by atoms with van der Waals surface area (Å²) in [6, 6.07) is 0. The number of hydrogen-bond acceptors (Lipinski definition) is 2. The summed E-state index contributed by atoms with van der Waals surface area (Å²) in [4.78, 5) is 2.09. The second kappa shape index (κ2) is 4.78. The van der Waals surface area contributed by atoms with Crippen molar-refractivity contribution in [2.45, 2.75) is 0 Å². The molecule has 0 saturated heterocycles. The fourth-order valence-electron chi connectivity index (χ4n) is 0.527. The number of terminal acetylenes is 1. The molecule has 1 heterocycles. The summed E-state index contributed by atoms with van der Waals surface area (Å²) in [7, 11) is 0. The van der Waals surface area contributed by atoms with Gasteiger partial charge in [-0.05, 0) is 5.41 Å². The smallest absolute Gasteiger partial charge is 0.0795 e. The van der Waals surface area contributed by atoms with Crippen molar-refractivity contribution < 1.29 is 0 Å². The number of rotatable bonds is 1. The summed E-state index contributed by atoms with van der Waals surface area (Å²) in [5.41, 5.74) is 0. The molecule has 0 radical (unpaired) electrons. The van der Waals surface area contributed by atoms with Crippen molar-refractivity contribution in [1.29, 1.82) is 0 Å². The van der Waals surface area contributed by atoms with Crippen molar-refractivity contribution in [1.82, 2.24) is 4.90 Å². The molecule has 0 saturated carbocycles. The number of hydrogen-bond donors (Lipinski definition) is 0. The van der Waals surface area contributed by atoms with Crippen LogP contribution in [0.25, 0.3) is 0 Å². The normalized spacial score (nSPS) is 14.8. The third-order valence-electron chi connectivity index (χ3n) is 0.903. The molecule has 0 aromatic carbocycles. The molecule has 1 aliphatic heterocycles. The Morgan fingerprint density at radius 1 is 1.78 bits per heavy atom. The maximum atomic E-state index is 5.07. The van der Waals surface area contributed by atoms with Crippen molar-refractivity contribution in [2.75, 3.05) is 12.4 Å². The van der Waals surface area contributed by atoms with E-state index in [1.165, 1.54) is 0 Å². The van der Waals surface area contributed by atoms with Crippen molar-refractivity contribution >= 4 is 28.7 Å². The molecule has 9 heavy (non-hydrogen) atoms. The van der Waals surface area contributed by atoms with Crippen LogP contribution in [0.3, 0.4) is 0 Å². The lowest BCUT2D eigenvalue weighted by atomic mass is 10.6. The summed E-state index contributed by atoms with van der Waals surface area (Å²) < 4.78 is 0. The van der Waals surface area contributed by atoms with E-state index in [1.54, 1.807) is 11.8 Å². The minimum atomic E-state index is 0. The maximum absolute atomic E-state index is 5.07. The zero-order chi connectivity index (χ0) is 5.82. The monoisotopic (exact) mass is 205 g/mol. The quantitative estimate of drug-likeness (QED) is 0.600. The molecule has 0 unspecified atom stereocenters. The van der Waals surface area contributed by atoms with Gasteiger partial charge in [-0.1, -0.05) is 5.92 Å². The van der Waals surface area contributed by atoms with E-state index >= 15 is 0 Å². The first kappa shape index (κ1) is 8.93. The standard InChI is InChI=1S/C6H7NS.BrH/c1-2-3-7-4-5-8-6-7;/h1,4-5H,3,6H2;1H. The van der Waals surface area contributed by atoms with E-state index in [9.17, 15) is 0 Å². The molecule has 0 aliphatic carbocycles. The molecule has 1 aliphatic rings. The predicted molar refractivity (Wildman–Crippen MR) is 47.5 cm³/mol. The highest BCUT2D eigenvalue weighted by molar-refractivity contribution is 8.93. The average molecular weight is 206 g/mol. The first-order valence-corrected chi connectivity index (χ1v) is 3.44. The molecule has 0 atom stereocenters. The van der Waals surface area contributed by atoms with Gasteiger partial charge in [0.05, 0.1) is 12.4 Å². The number of halogens is 1. The Bertz CT molecular complexity index is 138. The van der Waals surface area contributed by atoms with Crippen molar-refractivity contribution in [3.63, 3.8) is 0 Å². The predicted octanol–water partition coefficient (Wildman–Crippen LogP) is 1.68. The van der Waals surface area contributed by atoms with Crippen LogP contribution < -0.4 is 0 Å². The molecule has 0 spiro atoms. The summed E-state index contributed by atoms with van der Waals surface area (Å²) >= 11 is 1.77. The van der Waals surface area contributed by atoms with E-state index in [4.69, 9.17) is 6.42 Å². The highest BCUT2D eigenvalue weighted by Gasteiger charge is 1.99. The van der Waals surface area contributed by atoms with E-state index in [0.717, 1.165) is 12.4 Å². The topological polar surface area (TPSA) is 3.24 Å². The molecule has 0 fully saturated rings. The fraction of sp³-hybridized carbons (Fsp3) is 0.333. The van der Waals surface area contributed by atoms with Crippen LogP contribution in [0.1, 0.15) is 0 Å². The van der Waals surface area contributed by atoms with E-state index in [2.05, 4.69) is 16.2 Å². The highest BCUT2D eigenvalue weighted by Crippen LogP contribution is 2.13. The van der Waals surface area contributed by atoms with E-state index < -0.39 is 0 Å². The third kappa shape index (κ3) is 2.83. The van der Waals surface area contributed by atoms with Gasteiger partial charge < -0.3 is 4.90 Å². The van der Waals surface area contributed by atoms with E-state index in [1.807, 2.05) is 6.20 Å². The lowest BCUT2D eigenvalue weighted by Crippen LogP contribution is -2.12. The summed E-state index contributed by atoms with van der Waals surface area (Å²) in [6.45, 7) is 0.740. The Morgan fingerprint density at radius 3 is 3.00 bits per heavy atom. The minimum Gasteiger partial charge on any atom is -0.356 e. The summed E-state index contributed by atoms with van der Waals surface area (Å²) in [6.07, 6.45) is 7.09. The van der Waals surface area contributed by atoms with Crippen LogP contribution >= 0.6 is 28.7 Å². The van der Waals surface area contributed by atoms with Gasteiger partial charge in [-0.15, -0.1) is 35.2 Å². The zero-order valence-corrected chi connectivity index (χ0v) is 7.44. The van der Waals surface area contributed by atoms with Crippen LogP contribution in [0.4, 0.5) is 0 Å². The first-order valence-electron chi connectivity index (χ1n) is 2.39. The molecule has 3 heteroatoms. The largest absolute Gasteiger partial charge is 0.356 e. The van der Waals surface area contributed by atoms with Crippen molar-refractivity contribution in [3.05, 3.63) is 11.6 Å². The molecule has 50 valence electrons. The van der Waals surface area contributed by atoms with Gasteiger partial charge in [-0.25, -0.2) is 0 Å². The highest BCUT2D eigenvalue weighted by atomic mass is 79.9. The van der Waals surface area contributed by atoms with Gasteiger partial charge >= 0.3 is 0 Å². The van der Waals surface area contributed by atoms with Crippen LogP contribution in [0.15, 0.2) is 11.6 Å². The molecular formula is C6H8BrNS. The molecule has 0 aromatic heterocycles. The van der Waals surface area contributed by atoms with E-state index in [-0.39, 0.29) is 17.0 Å². The fourth-order valence-corrected chi connectivity index (χ4v) is 1.24. The maximum Gasteiger partial charge on any atom is 0.0795 e. The van der Waals surface area contributed by atoms with Gasteiger partial charge in [0.25, 0.3) is 0 Å². The summed E-state index contributed by atoms with van der Waals surface area (Å²) in [5, 5.41) is 2.05. The molecule has 0 aromatic rings. The zero-order valence-electron chi connectivity index (χ0n) is 4.91. The Labute approximate surface area is 70.3 Å². The molecule has 0 bridgehead atoms. The van der Waals surface area contributed by atoms with Gasteiger partial charge in [0, 0.05) is 6.20 Å². The Morgan fingerprint density at radius 2 is 2.56 bits per heavy atom. The van der Waals surface area contributed by atoms with Gasteiger partial charge in [0.1, 0.15) is 0 Å². The number of thioether (sulfide) groups is 1. The Kier molecular flexibility index (Phi) is 4.74. The SMILES string of the molecule is Br.C#CCN1C=CSC1. The minimum absolute atomic E-state index is 0.